The second kappa shape index (κ2) is 10.8. The zero-order valence-electron chi connectivity index (χ0n) is 20.6. The average Bonchev–Trinajstić information content (AvgIpc) is 3.19. The highest BCUT2D eigenvalue weighted by Crippen LogP contribution is 2.39. The summed E-state index contributed by atoms with van der Waals surface area (Å²) in [5.41, 5.74) is -2.98. The summed E-state index contributed by atoms with van der Waals surface area (Å²) in [7, 11) is 0. The van der Waals surface area contributed by atoms with E-state index in [2.05, 4.69) is 9.97 Å². The number of amides is 1. The van der Waals surface area contributed by atoms with Crippen LogP contribution < -0.4 is 5.69 Å². The smallest absolute Gasteiger partial charge is 0.416 e. The number of aromatic hydroxyl groups is 1. The Bertz CT molecular complexity index is 1330. The molecule has 0 unspecified atom stereocenters. The number of alkyl halides is 6. The maximum atomic E-state index is 13.4. The first-order valence-corrected chi connectivity index (χ1v) is 12.0. The molecule has 0 bridgehead atoms. The first-order valence-electron chi connectivity index (χ1n) is 12.0. The zero-order chi connectivity index (χ0) is 28.5. The fraction of sp³-hybridized carbons (Fsp3) is 0.385. The quantitative estimate of drug-likeness (QED) is 0.365. The Labute approximate surface area is 218 Å². The minimum Gasteiger partial charge on any atom is -0.493 e. The number of rotatable bonds is 6. The van der Waals surface area contributed by atoms with Gasteiger partial charge in [-0.3, -0.25) is 9.78 Å². The van der Waals surface area contributed by atoms with E-state index in [0.717, 1.165) is 5.56 Å². The van der Waals surface area contributed by atoms with Crippen LogP contribution >= 0.6 is 0 Å². The van der Waals surface area contributed by atoms with E-state index in [1.165, 1.54) is 11.8 Å². The molecule has 1 aliphatic rings. The largest absolute Gasteiger partial charge is 0.493 e. The summed E-state index contributed by atoms with van der Waals surface area (Å²) in [5, 5.41) is 9.78. The molecular formula is C26H25F6N3O4. The fourth-order valence-corrected chi connectivity index (χ4v) is 4.70. The second-order valence-corrected chi connectivity index (χ2v) is 9.38. The minimum absolute atomic E-state index is 0.0262. The lowest BCUT2D eigenvalue weighted by Crippen LogP contribution is -2.46. The lowest BCUT2D eigenvalue weighted by Gasteiger charge is -2.40. The van der Waals surface area contributed by atoms with Crippen LogP contribution in [0, 0.1) is 0 Å². The van der Waals surface area contributed by atoms with Crippen LogP contribution in [0.5, 0.6) is 5.88 Å². The van der Waals surface area contributed by atoms with E-state index in [9.17, 15) is 41.0 Å². The third-order valence-corrected chi connectivity index (χ3v) is 6.70. The highest BCUT2D eigenvalue weighted by atomic mass is 19.4. The van der Waals surface area contributed by atoms with Crippen molar-refractivity contribution in [3.63, 3.8) is 0 Å². The molecule has 1 saturated heterocycles. The highest BCUT2D eigenvalue weighted by molar-refractivity contribution is 5.79. The van der Waals surface area contributed by atoms with Gasteiger partial charge in [0.1, 0.15) is 0 Å². The summed E-state index contributed by atoms with van der Waals surface area (Å²) >= 11 is 0. The third kappa shape index (κ3) is 6.64. The molecule has 1 aliphatic heterocycles. The monoisotopic (exact) mass is 557 g/mol. The molecule has 1 amide bonds. The van der Waals surface area contributed by atoms with Crippen LogP contribution in [0.4, 0.5) is 26.3 Å². The maximum Gasteiger partial charge on any atom is 0.416 e. The molecule has 4 rings (SSSR count). The van der Waals surface area contributed by atoms with E-state index in [4.69, 9.17) is 4.74 Å². The lowest BCUT2D eigenvalue weighted by atomic mass is 9.87. The molecule has 0 spiro atoms. The molecular weight excluding hydrogens is 532 g/mol. The zero-order valence-corrected chi connectivity index (χ0v) is 20.6. The molecule has 13 heteroatoms. The van der Waals surface area contributed by atoms with Gasteiger partial charge in [-0.1, -0.05) is 30.3 Å². The van der Waals surface area contributed by atoms with Gasteiger partial charge in [0.2, 0.25) is 11.8 Å². The van der Waals surface area contributed by atoms with Crippen molar-refractivity contribution in [2.75, 3.05) is 13.1 Å². The predicted octanol–water partition coefficient (Wildman–Crippen LogP) is 5.15. The van der Waals surface area contributed by atoms with Crippen molar-refractivity contribution < 1.29 is 41.0 Å². The molecule has 2 heterocycles. The SMILES string of the molecule is C[C@@H](O[C@H]1CCN(C(=O)Cc2[nH]c(=O)[nH]c2O)C[C@H]1c1ccccc1)c1cc(C(F)(F)F)cc(C(F)(F)F)c1. The number of nitrogens with one attached hydrogen (secondary N) is 2. The Morgan fingerprint density at radius 2 is 1.67 bits per heavy atom. The number of benzene rings is 2. The number of aromatic nitrogens is 2. The number of carbonyl (C=O) groups excluding carboxylic acids is 1. The Morgan fingerprint density at radius 3 is 2.21 bits per heavy atom. The molecule has 0 aliphatic carbocycles. The van der Waals surface area contributed by atoms with Gasteiger partial charge in [-0.25, -0.2) is 4.79 Å². The summed E-state index contributed by atoms with van der Waals surface area (Å²) in [5.74, 6) is -1.28. The summed E-state index contributed by atoms with van der Waals surface area (Å²) in [6.45, 7) is 1.72. The van der Waals surface area contributed by atoms with Crippen LogP contribution in [0.3, 0.4) is 0 Å². The van der Waals surface area contributed by atoms with Crippen LogP contribution in [0.15, 0.2) is 53.3 Å². The molecule has 3 aromatic rings. The molecule has 7 nitrogen and oxygen atoms in total. The number of aromatic amines is 2. The molecule has 1 aromatic heterocycles. The molecule has 2 aromatic carbocycles. The Hall–Kier alpha value is -3.74. The van der Waals surface area contributed by atoms with Gasteiger partial charge in [0, 0.05) is 19.0 Å². The van der Waals surface area contributed by atoms with E-state index in [1.807, 2.05) is 0 Å². The Balaban J connectivity index is 1.57. The number of H-pyrrole nitrogens is 2. The van der Waals surface area contributed by atoms with Crippen molar-refractivity contribution in [3.8, 4) is 5.88 Å². The van der Waals surface area contributed by atoms with E-state index >= 15 is 0 Å². The molecule has 3 N–H and O–H groups in total. The molecule has 1 fully saturated rings. The van der Waals surface area contributed by atoms with Gasteiger partial charge < -0.3 is 19.7 Å². The van der Waals surface area contributed by atoms with Crippen molar-refractivity contribution in [2.45, 2.75) is 50.2 Å². The summed E-state index contributed by atoms with van der Waals surface area (Å²) in [4.78, 5) is 30.3. The van der Waals surface area contributed by atoms with Crippen LogP contribution in [0.1, 0.15) is 53.3 Å². The van der Waals surface area contributed by atoms with Gasteiger partial charge in [0.15, 0.2) is 0 Å². The van der Waals surface area contributed by atoms with E-state index in [-0.39, 0.29) is 49.2 Å². The number of halogens is 6. The molecule has 210 valence electrons. The van der Waals surface area contributed by atoms with E-state index in [1.54, 1.807) is 30.3 Å². The van der Waals surface area contributed by atoms with Crippen molar-refractivity contribution in [1.29, 1.82) is 0 Å². The second-order valence-electron chi connectivity index (χ2n) is 9.38. The minimum atomic E-state index is -4.98. The lowest BCUT2D eigenvalue weighted by molar-refractivity contribution is -0.143. The number of likely N-dealkylation sites (tertiary alicyclic amines) is 1. The number of ether oxygens (including phenoxy) is 1. The predicted molar refractivity (Wildman–Crippen MR) is 127 cm³/mol. The van der Waals surface area contributed by atoms with Gasteiger partial charge >= 0.3 is 18.0 Å². The summed E-state index contributed by atoms with van der Waals surface area (Å²) in [6.07, 6.45) is -11.7. The highest BCUT2D eigenvalue weighted by Gasteiger charge is 2.39. The van der Waals surface area contributed by atoms with Crippen molar-refractivity contribution in [3.05, 3.63) is 87.0 Å². The van der Waals surface area contributed by atoms with E-state index in [0.29, 0.717) is 12.1 Å². The average molecular weight is 557 g/mol. The first-order chi connectivity index (χ1) is 18.2. The maximum absolute atomic E-state index is 13.4. The van der Waals surface area contributed by atoms with E-state index < -0.39 is 53.2 Å². The van der Waals surface area contributed by atoms with Crippen LogP contribution in [-0.2, 0) is 28.3 Å². The normalized spacial score (nSPS) is 19.2. The van der Waals surface area contributed by atoms with Gasteiger partial charge in [0.25, 0.3) is 0 Å². The number of hydrogen-bond donors (Lipinski definition) is 3. The molecule has 0 radical (unpaired) electrons. The van der Waals surface area contributed by atoms with Crippen molar-refractivity contribution in [1.82, 2.24) is 14.9 Å². The van der Waals surface area contributed by atoms with Crippen molar-refractivity contribution in [2.24, 2.45) is 0 Å². The summed E-state index contributed by atoms with van der Waals surface area (Å²) in [6, 6.07) is 10.3. The van der Waals surface area contributed by atoms with Gasteiger partial charge in [-0.05, 0) is 42.7 Å². The molecule has 39 heavy (non-hydrogen) atoms. The number of carbonyl (C=O) groups is 1. The third-order valence-electron chi connectivity index (χ3n) is 6.70. The Morgan fingerprint density at radius 1 is 1.05 bits per heavy atom. The Kier molecular flexibility index (Phi) is 7.82. The van der Waals surface area contributed by atoms with Crippen LogP contribution in [0.2, 0.25) is 0 Å². The van der Waals surface area contributed by atoms with Gasteiger partial charge in [-0.2, -0.15) is 26.3 Å². The number of piperidine rings is 1. The molecule has 3 atom stereocenters. The number of nitrogens with zero attached hydrogens (tertiary/aromatic N) is 1. The fourth-order valence-electron chi connectivity index (χ4n) is 4.70. The number of hydrogen-bond acceptors (Lipinski definition) is 4. The first kappa shape index (κ1) is 28.3. The summed E-state index contributed by atoms with van der Waals surface area (Å²) < 4.78 is 86.2. The van der Waals surface area contributed by atoms with Crippen molar-refractivity contribution >= 4 is 5.91 Å². The van der Waals surface area contributed by atoms with Gasteiger partial charge in [0.05, 0.1) is 35.4 Å². The number of imidazole rings is 1. The topological polar surface area (TPSA) is 98.4 Å². The van der Waals surface area contributed by atoms with Gasteiger partial charge in [-0.15, -0.1) is 0 Å². The van der Waals surface area contributed by atoms with Crippen LogP contribution in [-0.4, -0.2) is 45.1 Å². The standard InChI is InChI=1S/C26H25F6N3O4/c1-14(16-9-17(25(27,28)29)11-18(10-16)26(30,31)32)39-21-7-8-35(13-19(21)15-5-3-2-4-6-15)22(36)12-20-23(37)34-24(38)33-20/h2-6,9-11,14,19,21,37H,7-8,12-13H2,1H3,(H2,33,34,38)/t14-,19+,21+/m1/s1. The molecule has 0 saturated carbocycles. The van der Waals surface area contributed by atoms with Crippen LogP contribution in [0.25, 0.3) is 0 Å².